The van der Waals surface area contributed by atoms with E-state index in [1.54, 1.807) is 0 Å². The zero-order valence-corrected chi connectivity index (χ0v) is 16.3. The monoisotopic (exact) mass is 366 g/mol. The molecule has 26 heavy (non-hydrogen) atoms. The Hall–Kier alpha value is -2.52. The molecule has 3 nitrogen and oxygen atoms in total. The SMILES string of the molecule is CC1=C(C(C)C(N)=O)c2cc(N(C)C)ccc2C1=Cc1ccc(Cl)cc1. The standard InChI is InChI=1S/C22H23ClN2O/c1-13-19(11-15-5-7-16(23)8-6-15)18-10-9-17(25(3)4)12-20(18)21(13)14(2)22(24)26/h5-12,14H,1-4H3,(H2,24,26). The third-order valence-electron chi connectivity index (χ3n) is 4.95. The summed E-state index contributed by atoms with van der Waals surface area (Å²) in [5.41, 5.74) is 13.2. The number of carbonyl (C=O) groups excluding carboxylic acids is 1. The highest BCUT2D eigenvalue weighted by Gasteiger charge is 2.29. The molecule has 2 aromatic carbocycles. The molecule has 1 amide bonds. The van der Waals surface area contributed by atoms with E-state index < -0.39 is 0 Å². The molecule has 1 aliphatic carbocycles. The van der Waals surface area contributed by atoms with Crippen molar-refractivity contribution in [2.75, 3.05) is 19.0 Å². The fraction of sp³-hybridized carbons (Fsp3) is 0.227. The Morgan fingerprint density at radius 3 is 2.35 bits per heavy atom. The number of nitrogens with two attached hydrogens (primary N) is 1. The van der Waals surface area contributed by atoms with Crippen LogP contribution in [0.4, 0.5) is 5.69 Å². The van der Waals surface area contributed by atoms with Crippen molar-refractivity contribution in [1.29, 1.82) is 0 Å². The molecule has 2 N–H and O–H groups in total. The van der Waals surface area contributed by atoms with Gasteiger partial charge in [0, 0.05) is 24.8 Å². The van der Waals surface area contributed by atoms with Crippen molar-refractivity contribution in [1.82, 2.24) is 0 Å². The molecule has 1 atom stereocenters. The first-order chi connectivity index (χ1) is 12.3. The summed E-state index contributed by atoms with van der Waals surface area (Å²) in [6, 6.07) is 14.1. The molecule has 0 saturated heterocycles. The molecule has 0 bridgehead atoms. The van der Waals surface area contributed by atoms with Gasteiger partial charge in [-0.3, -0.25) is 4.79 Å². The molecule has 0 aromatic heterocycles. The van der Waals surface area contributed by atoms with Crippen LogP contribution in [0.2, 0.25) is 5.02 Å². The van der Waals surface area contributed by atoms with E-state index in [1.807, 2.05) is 45.3 Å². The van der Waals surface area contributed by atoms with Gasteiger partial charge in [0.25, 0.3) is 0 Å². The van der Waals surface area contributed by atoms with E-state index in [2.05, 4.69) is 36.1 Å². The molecule has 2 aromatic rings. The van der Waals surface area contributed by atoms with E-state index >= 15 is 0 Å². The van der Waals surface area contributed by atoms with E-state index in [0.717, 1.165) is 39.1 Å². The van der Waals surface area contributed by atoms with Gasteiger partial charge in [0.2, 0.25) is 5.91 Å². The average molecular weight is 367 g/mol. The quantitative estimate of drug-likeness (QED) is 0.840. The normalized spacial score (nSPS) is 16.0. The lowest BCUT2D eigenvalue weighted by Crippen LogP contribution is -2.21. The maximum Gasteiger partial charge on any atom is 0.224 e. The second-order valence-corrected chi connectivity index (χ2v) is 7.33. The average Bonchev–Trinajstić information content (AvgIpc) is 2.87. The predicted molar refractivity (Wildman–Crippen MR) is 111 cm³/mol. The Morgan fingerprint density at radius 1 is 1.12 bits per heavy atom. The second kappa shape index (κ2) is 7.00. The molecule has 134 valence electrons. The number of carbonyl (C=O) groups is 1. The van der Waals surface area contributed by atoms with Crippen LogP contribution in [-0.2, 0) is 4.79 Å². The van der Waals surface area contributed by atoms with Crippen LogP contribution < -0.4 is 10.6 Å². The molecule has 0 saturated carbocycles. The Morgan fingerprint density at radius 2 is 1.77 bits per heavy atom. The van der Waals surface area contributed by atoms with E-state index in [0.29, 0.717) is 5.02 Å². The van der Waals surface area contributed by atoms with Crippen molar-refractivity contribution in [2.24, 2.45) is 11.7 Å². The fourth-order valence-electron chi connectivity index (χ4n) is 3.43. The lowest BCUT2D eigenvalue weighted by Gasteiger charge is -2.17. The molecule has 0 radical (unpaired) electrons. The van der Waals surface area contributed by atoms with Crippen LogP contribution in [0.25, 0.3) is 17.2 Å². The molecule has 0 aliphatic heterocycles. The van der Waals surface area contributed by atoms with Crippen molar-refractivity contribution >= 4 is 40.4 Å². The lowest BCUT2D eigenvalue weighted by atomic mass is 9.93. The summed E-state index contributed by atoms with van der Waals surface area (Å²) in [7, 11) is 4.02. The van der Waals surface area contributed by atoms with Crippen molar-refractivity contribution < 1.29 is 4.79 Å². The zero-order chi connectivity index (χ0) is 19.0. The fourth-order valence-corrected chi connectivity index (χ4v) is 3.56. The largest absolute Gasteiger partial charge is 0.378 e. The second-order valence-electron chi connectivity index (χ2n) is 6.90. The van der Waals surface area contributed by atoms with Gasteiger partial charge in [0.15, 0.2) is 0 Å². The first kappa shape index (κ1) is 18.3. The highest BCUT2D eigenvalue weighted by molar-refractivity contribution is 6.30. The van der Waals surface area contributed by atoms with E-state index in [-0.39, 0.29) is 11.8 Å². The van der Waals surface area contributed by atoms with Gasteiger partial charge in [0.1, 0.15) is 0 Å². The Labute approximate surface area is 159 Å². The number of benzene rings is 2. The first-order valence-electron chi connectivity index (χ1n) is 8.59. The summed E-state index contributed by atoms with van der Waals surface area (Å²) in [6.07, 6.45) is 2.14. The van der Waals surface area contributed by atoms with Gasteiger partial charge in [-0.25, -0.2) is 0 Å². The summed E-state index contributed by atoms with van der Waals surface area (Å²) >= 11 is 6.00. The summed E-state index contributed by atoms with van der Waals surface area (Å²) in [4.78, 5) is 14.0. The van der Waals surface area contributed by atoms with Crippen LogP contribution in [0.15, 0.2) is 48.0 Å². The van der Waals surface area contributed by atoms with Gasteiger partial charge in [0.05, 0.1) is 5.92 Å². The molecule has 1 aliphatic rings. The smallest absolute Gasteiger partial charge is 0.224 e. The molecule has 0 heterocycles. The number of rotatable bonds is 4. The number of hydrogen-bond donors (Lipinski definition) is 1. The minimum Gasteiger partial charge on any atom is -0.378 e. The number of halogens is 1. The third kappa shape index (κ3) is 3.27. The van der Waals surface area contributed by atoms with Crippen molar-refractivity contribution in [3.8, 4) is 0 Å². The topological polar surface area (TPSA) is 46.3 Å². The number of amides is 1. The molecule has 4 heteroatoms. The number of fused-ring (bicyclic) bond motifs is 1. The number of primary amides is 1. The number of hydrogen-bond acceptors (Lipinski definition) is 2. The van der Waals surface area contributed by atoms with Crippen molar-refractivity contribution in [3.05, 3.63) is 69.8 Å². The summed E-state index contributed by atoms with van der Waals surface area (Å²) in [6.45, 7) is 3.93. The number of anilines is 1. The lowest BCUT2D eigenvalue weighted by molar-refractivity contribution is -0.119. The van der Waals surface area contributed by atoms with Gasteiger partial charge in [-0.1, -0.05) is 29.8 Å². The van der Waals surface area contributed by atoms with Crippen LogP contribution in [-0.4, -0.2) is 20.0 Å². The Bertz CT molecular complexity index is 924. The van der Waals surface area contributed by atoms with E-state index in [4.69, 9.17) is 17.3 Å². The Balaban J connectivity index is 2.20. The van der Waals surface area contributed by atoms with Crippen LogP contribution in [0.3, 0.4) is 0 Å². The van der Waals surface area contributed by atoms with Crippen LogP contribution in [0.5, 0.6) is 0 Å². The maximum atomic E-state index is 11.9. The maximum absolute atomic E-state index is 11.9. The predicted octanol–water partition coefficient (Wildman–Crippen LogP) is 4.86. The third-order valence-corrected chi connectivity index (χ3v) is 5.20. The minimum absolute atomic E-state index is 0.312. The van der Waals surface area contributed by atoms with E-state index in [9.17, 15) is 4.79 Å². The van der Waals surface area contributed by atoms with Gasteiger partial charge < -0.3 is 10.6 Å². The molecule has 3 rings (SSSR count). The van der Waals surface area contributed by atoms with Gasteiger partial charge in [-0.2, -0.15) is 0 Å². The summed E-state index contributed by atoms with van der Waals surface area (Å²) in [5, 5.41) is 0.713. The number of allylic oxidation sites excluding steroid dienone is 2. The van der Waals surface area contributed by atoms with Crippen molar-refractivity contribution in [3.63, 3.8) is 0 Å². The van der Waals surface area contributed by atoms with Crippen LogP contribution in [0, 0.1) is 5.92 Å². The van der Waals surface area contributed by atoms with Crippen molar-refractivity contribution in [2.45, 2.75) is 13.8 Å². The van der Waals surface area contributed by atoms with Gasteiger partial charge in [-0.15, -0.1) is 0 Å². The highest BCUT2D eigenvalue weighted by Crippen LogP contribution is 2.46. The highest BCUT2D eigenvalue weighted by atomic mass is 35.5. The molecule has 1 unspecified atom stereocenters. The van der Waals surface area contributed by atoms with E-state index in [1.165, 1.54) is 0 Å². The summed E-state index contributed by atoms with van der Waals surface area (Å²) < 4.78 is 0. The van der Waals surface area contributed by atoms with Gasteiger partial charge >= 0.3 is 0 Å². The van der Waals surface area contributed by atoms with Crippen LogP contribution in [0.1, 0.15) is 30.5 Å². The molecular formula is C22H23ClN2O. The van der Waals surface area contributed by atoms with Gasteiger partial charge in [-0.05, 0) is 77.6 Å². The summed E-state index contributed by atoms with van der Waals surface area (Å²) in [5.74, 6) is -0.657. The Kier molecular flexibility index (Phi) is 4.92. The number of nitrogens with zero attached hydrogens (tertiary/aromatic N) is 1. The minimum atomic E-state index is -0.345. The first-order valence-corrected chi connectivity index (χ1v) is 8.97. The zero-order valence-electron chi connectivity index (χ0n) is 15.5. The van der Waals surface area contributed by atoms with Crippen LogP contribution >= 0.6 is 11.6 Å². The molecule has 0 spiro atoms. The molecular weight excluding hydrogens is 344 g/mol. The molecule has 0 fully saturated rings.